The van der Waals surface area contributed by atoms with Gasteiger partial charge in [-0.3, -0.25) is 9.78 Å². The molecule has 2 heterocycles. The number of hydrogen-bond donors (Lipinski definition) is 1. The fourth-order valence-corrected chi connectivity index (χ4v) is 3.18. The lowest BCUT2D eigenvalue weighted by molar-refractivity contribution is 0.0956. The van der Waals surface area contributed by atoms with Crippen LogP contribution < -0.4 is 14.9 Å². The first-order valence-electron chi connectivity index (χ1n) is 9.56. The van der Waals surface area contributed by atoms with Gasteiger partial charge in [-0.1, -0.05) is 24.3 Å². The number of benzene rings is 2. The van der Waals surface area contributed by atoms with Gasteiger partial charge in [0.15, 0.2) is 0 Å². The average Bonchev–Trinajstić information content (AvgIpc) is 2.83. The lowest BCUT2D eigenvalue weighted by atomic mass is 10.0. The number of nitrogens with zero attached hydrogens (tertiary/aromatic N) is 3. The molecular weight excluding hydrogens is 392 g/mol. The Kier molecular flexibility index (Phi) is 5.84. The minimum Gasteiger partial charge on any atom is -0.497 e. The smallest absolute Gasteiger partial charge is 0.272 e. The number of carbonyl (C=O) groups excluding carboxylic acids is 1. The molecule has 1 N–H and O–H groups in total. The maximum Gasteiger partial charge on any atom is 0.272 e. The Morgan fingerprint density at radius 3 is 2.61 bits per heavy atom. The fourth-order valence-electron chi connectivity index (χ4n) is 3.18. The highest BCUT2D eigenvalue weighted by atomic mass is 16.5. The molecule has 4 rings (SSSR count). The van der Waals surface area contributed by atoms with Gasteiger partial charge in [0, 0.05) is 23.2 Å². The summed E-state index contributed by atoms with van der Waals surface area (Å²) in [5, 5.41) is 4.76. The van der Waals surface area contributed by atoms with Gasteiger partial charge in [0.05, 0.1) is 42.9 Å². The number of hydrogen-bond acceptors (Lipinski definition) is 6. The maximum atomic E-state index is 13.0. The monoisotopic (exact) mass is 412 g/mol. The third-order valence-corrected chi connectivity index (χ3v) is 4.70. The molecule has 0 spiro atoms. The largest absolute Gasteiger partial charge is 0.497 e. The number of aromatic nitrogens is 2. The number of rotatable bonds is 6. The van der Waals surface area contributed by atoms with Gasteiger partial charge in [-0.25, -0.2) is 10.4 Å². The number of para-hydroxylation sites is 1. The predicted molar refractivity (Wildman–Crippen MR) is 120 cm³/mol. The van der Waals surface area contributed by atoms with E-state index in [-0.39, 0.29) is 5.91 Å². The summed E-state index contributed by atoms with van der Waals surface area (Å²) >= 11 is 0. The second kappa shape index (κ2) is 9.04. The van der Waals surface area contributed by atoms with Crippen molar-refractivity contribution in [3.63, 3.8) is 0 Å². The van der Waals surface area contributed by atoms with Crippen LogP contribution in [0.25, 0.3) is 22.2 Å². The van der Waals surface area contributed by atoms with Crippen molar-refractivity contribution in [1.29, 1.82) is 0 Å². The van der Waals surface area contributed by atoms with Crippen molar-refractivity contribution in [2.24, 2.45) is 5.10 Å². The van der Waals surface area contributed by atoms with Crippen molar-refractivity contribution in [3.05, 3.63) is 84.2 Å². The molecule has 4 aromatic rings. The first kappa shape index (κ1) is 20.0. The third-order valence-electron chi connectivity index (χ3n) is 4.70. The normalized spacial score (nSPS) is 10.9. The van der Waals surface area contributed by atoms with E-state index in [1.807, 2.05) is 48.5 Å². The Labute approximate surface area is 179 Å². The third kappa shape index (κ3) is 4.35. The standard InChI is InChI=1S/C24H20N4O3/c1-30-17-10-11-19(23(13-17)31-2)22-14-20(18-8-3-4-9-21(18)27-22)24(29)28-26-15-16-7-5-6-12-25-16/h3-15H,1-2H3,(H,28,29)/b26-15-. The van der Waals surface area contributed by atoms with E-state index in [0.29, 0.717) is 34.0 Å². The van der Waals surface area contributed by atoms with Gasteiger partial charge >= 0.3 is 0 Å². The second-order valence-electron chi connectivity index (χ2n) is 6.59. The van der Waals surface area contributed by atoms with Crippen LogP contribution in [0, 0.1) is 0 Å². The highest BCUT2D eigenvalue weighted by Crippen LogP contribution is 2.34. The number of fused-ring (bicyclic) bond motifs is 1. The van der Waals surface area contributed by atoms with Gasteiger partial charge < -0.3 is 9.47 Å². The van der Waals surface area contributed by atoms with Gasteiger partial charge in [0.25, 0.3) is 5.91 Å². The summed E-state index contributed by atoms with van der Waals surface area (Å²) in [5.41, 5.74) is 5.73. The molecule has 1 amide bonds. The molecule has 0 saturated carbocycles. The molecule has 0 atom stereocenters. The molecule has 0 unspecified atom stereocenters. The van der Waals surface area contributed by atoms with Gasteiger partial charge in [-0.15, -0.1) is 0 Å². The number of nitrogens with one attached hydrogen (secondary N) is 1. The number of ether oxygens (including phenoxy) is 2. The summed E-state index contributed by atoms with van der Waals surface area (Å²) in [7, 11) is 3.18. The quantitative estimate of drug-likeness (QED) is 0.381. The van der Waals surface area contributed by atoms with Gasteiger partial charge in [0.2, 0.25) is 0 Å². The van der Waals surface area contributed by atoms with E-state index in [0.717, 1.165) is 10.9 Å². The van der Waals surface area contributed by atoms with E-state index >= 15 is 0 Å². The van der Waals surface area contributed by atoms with Gasteiger partial charge in [-0.05, 0) is 36.4 Å². The molecule has 31 heavy (non-hydrogen) atoms. The van der Waals surface area contributed by atoms with E-state index in [4.69, 9.17) is 14.5 Å². The van der Waals surface area contributed by atoms with E-state index in [2.05, 4.69) is 15.5 Å². The number of hydrazone groups is 1. The molecule has 2 aromatic carbocycles. The van der Waals surface area contributed by atoms with E-state index in [9.17, 15) is 4.79 Å². The van der Waals surface area contributed by atoms with Crippen molar-refractivity contribution in [1.82, 2.24) is 15.4 Å². The van der Waals surface area contributed by atoms with Crippen LogP contribution in [0.2, 0.25) is 0 Å². The Morgan fingerprint density at radius 2 is 1.84 bits per heavy atom. The Hall–Kier alpha value is -4.26. The van der Waals surface area contributed by atoms with E-state index in [1.54, 1.807) is 38.6 Å². The number of methoxy groups -OCH3 is 2. The van der Waals surface area contributed by atoms with Crippen molar-refractivity contribution >= 4 is 23.0 Å². The predicted octanol–water partition coefficient (Wildman–Crippen LogP) is 4.08. The summed E-state index contributed by atoms with van der Waals surface area (Å²) in [6.07, 6.45) is 3.16. The molecule has 0 fully saturated rings. The molecule has 2 aromatic heterocycles. The highest BCUT2D eigenvalue weighted by Gasteiger charge is 2.16. The van der Waals surface area contributed by atoms with Crippen LogP contribution in [-0.2, 0) is 0 Å². The SMILES string of the molecule is COc1ccc(-c2cc(C(=O)N/N=C\c3ccccn3)c3ccccc3n2)c(OC)c1. The molecule has 0 aliphatic rings. The zero-order valence-corrected chi connectivity index (χ0v) is 17.1. The van der Waals surface area contributed by atoms with Gasteiger partial charge in [-0.2, -0.15) is 5.10 Å². The summed E-state index contributed by atoms with van der Waals surface area (Å²) < 4.78 is 10.8. The molecule has 0 radical (unpaired) electrons. The second-order valence-corrected chi connectivity index (χ2v) is 6.59. The van der Waals surface area contributed by atoms with E-state index < -0.39 is 0 Å². The number of pyridine rings is 2. The highest BCUT2D eigenvalue weighted by molar-refractivity contribution is 6.07. The van der Waals surface area contributed by atoms with Crippen molar-refractivity contribution in [2.45, 2.75) is 0 Å². The van der Waals surface area contributed by atoms with Crippen molar-refractivity contribution in [3.8, 4) is 22.8 Å². The maximum absolute atomic E-state index is 13.0. The van der Waals surface area contributed by atoms with Gasteiger partial charge in [0.1, 0.15) is 11.5 Å². The Morgan fingerprint density at radius 1 is 1.00 bits per heavy atom. The molecule has 0 aliphatic carbocycles. The summed E-state index contributed by atoms with van der Waals surface area (Å²) in [6, 6.07) is 20.1. The topological polar surface area (TPSA) is 85.7 Å². The molecular formula is C24H20N4O3. The minimum atomic E-state index is -0.348. The number of amides is 1. The van der Waals surface area contributed by atoms with Crippen LogP contribution in [0.15, 0.2) is 78.0 Å². The first-order chi connectivity index (χ1) is 15.2. The van der Waals surface area contributed by atoms with Crippen LogP contribution in [0.3, 0.4) is 0 Å². The van der Waals surface area contributed by atoms with Crippen LogP contribution >= 0.6 is 0 Å². The van der Waals surface area contributed by atoms with Crippen LogP contribution in [0.4, 0.5) is 0 Å². The average molecular weight is 412 g/mol. The van der Waals surface area contributed by atoms with Crippen molar-refractivity contribution < 1.29 is 14.3 Å². The lowest BCUT2D eigenvalue weighted by Crippen LogP contribution is -2.18. The fraction of sp³-hybridized carbons (Fsp3) is 0.0833. The zero-order valence-electron chi connectivity index (χ0n) is 17.1. The van der Waals surface area contributed by atoms with Crippen LogP contribution in [-0.4, -0.2) is 36.3 Å². The Balaban J connectivity index is 1.73. The first-order valence-corrected chi connectivity index (χ1v) is 9.56. The summed E-state index contributed by atoms with van der Waals surface area (Å²) in [5.74, 6) is 0.921. The lowest BCUT2D eigenvalue weighted by Gasteiger charge is -2.12. The molecule has 0 saturated heterocycles. The summed E-state index contributed by atoms with van der Waals surface area (Å²) in [4.78, 5) is 21.8. The molecule has 7 nitrogen and oxygen atoms in total. The van der Waals surface area contributed by atoms with Crippen LogP contribution in [0.5, 0.6) is 11.5 Å². The molecule has 0 bridgehead atoms. The van der Waals surface area contributed by atoms with Crippen molar-refractivity contribution in [2.75, 3.05) is 14.2 Å². The number of carbonyl (C=O) groups is 1. The minimum absolute atomic E-state index is 0.348. The molecule has 0 aliphatic heterocycles. The molecule has 7 heteroatoms. The summed E-state index contributed by atoms with van der Waals surface area (Å²) in [6.45, 7) is 0. The van der Waals surface area contributed by atoms with E-state index in [1.165, 1.54) is 6.21 Å². The Bertz CT molecular complexity index is 1260. The zero-order chi connectivity index (χ0) is 21.6. The molecule has 154 valence electrons. The van der Waals surface area contributed by atoms with Crippen LogP contribution in [0.1, 0.15) is 16.1 Å².